The maximum atomic E-state index is 13.2. The molecular weight excluding hydrogens is 500 g/mol. The zero-order valence-corrected chi connectivity index (χ0v) is 20.4. The Morgan fingerprint density at radius 3 is 2.53 bits per heavy atom. The Morgan fingerprint density at radius 1 is 1.12 bits per heavy atom. The second kappa shape index (κ2) is 9.79. The number of nitrogens with one attached hydrogen (secondary N) is 2. The number of anilines is 2. The van der Waals surface area contributed by atoms with Crippen LogP contribution in [0, 0.1) is 5.82 Å². The molecule has 0 saturated carbocycles. The van der Waals surface area contributed by atoms with Crippen molar-refractivity contribution in [2.24, 2.45) is 0 Å². The van der Waals surface area contributed by atoms with Gasteiger partial charge in [-0.25, -0.2) is 22.2 Å². The second-order valence-electron chi connectivity index (χ2n) is 7.72. The molecule has 0 radical (unpaired) electrons. The molecule has 3 aromatic carbocycles. The fourth-order valence-electron chi connectivity index (χ4n) is 3.58. The third-order valence-electron chi connectivity index (χ3n) is 5.31. The van der Waals surface area contributed by atoms with Gasteiger partial charge in [-0.15, -0.1) is 0 Å². The molecule has 1 atom stereocenters. The van der Waals surface area contributed by atoms with Crippen molar-refractivity contribution in [1.82, 2.24) is 14.5 Å². The van der Waals surface area contributed by atoms with Crippen LogP contribution in [-0.2, 0) is 10.0 Å². The summed E-state index contributed by atoms with van der Waals surface area (Å²) in [7, 11) is -3.96. The van der Waals surface area contributed by atoms with Crippen LogP contribution in [0.2, 0.25) is 10.0 Å². The molecule has 1 aromatic heterocycles. The summed E-state index contributed by atoms with van der Waals surface area (Å²) in [5.41, 5.74) is 8.25. The number of fused-ring (bicyclic) bond motifs is 1. The van der Waals surface area contributed by atoms with E-state index >= 15 is 0 Å². The summed E-state index contributed by atoms with van der Waals surface area (Å²) in [6.45, 7) is 2.20. The molecule has 0 amide bonds. The molecule has 34 heavy (non-hydrogen) atoms. The monoisotopic (exact) mass is 521 g/mol. The number of nitrogens with zero attached hydrogens (tertiary/aromatic N) is 2. The zero-order valence-electron chi connectivity index (χ0n) is 18.1. The molecule has 0 bridgehead atoms. The van der Waals surface area contributed by atoms with Gasteiger partial charge < -0.3 is 11.1 Å². The molecule has 0 saturated heterocycles. The van der Waals surface area contributed by atoms with E-state index in [2.05, 4.69) is 15.1 Å². The Bertz CT molecular complexity index is 1420. The van der Waals surface area contributed by atoms with E-state index in [1.54, 1.807) is 23.0 Å². The number of nitrogen functional groups attached to an aromatic ring is 1. The molecule has 11 heteroatoms. The van der Waals surface area contributed by atoms with Crippen LogP contribution in [-0.4, -0.2) is 30.8 Å². The first-order valence-corrected chi connectivity index (χ1v) is 12.7. The molecule has 0 aliphatic rings. The van der Waals surface area contributed by atoms with E-state index < -0.39 is 16.1 Å². The molecule has 0 fully saturated rings. The third-order valence-corrected chi connectivity index (χ3v) is 7.58. The quantitative estimate of drug-likeness (QED) is 0.276. The van der Waals surface area contributed by atoms with E-state index in [1.165, 1.54) is 24.3 Å². The van der Waals surface area contributed by atoms with E-state index in [-0.39, 0.29) is 26.4 Å². The first-order valence-electron chi connectivity index (χ1n) is 10.4. The Morgan fingerprint density at radius 2 is 1.85 bits per heavy atom. The van der Waals surface area contributed by atoms with Crippen molar-refractivity contribution < 1.29 is 12.8 Å². The predicted molar refractivity (Wildman–Crippen MR) is 135 cm³/mol. The van der Waals surface area contributed by atoms with Crippen LogP contribution in [0.25, 0.3) is 16.6 Å². The number of rotatable bonds is 8. The van der Waals surface area contributed by atoms with Gasteiger partial charge in [-0.3, -0.25) is 0 Å². The van der Waals surface area contributed by atoms with Crippen LogP contribution >= 0.6 is 23.2 Å². The first kappa shape index (κ1) is 24.3. The summed E-state index contributed by atoms with van der Waals surface area (Å²) in [4.78, 5) is -0.188. The van der Waals surface area contributed by atoms with Crippen LogP contribution in [0.1, 0.15) is 13.3 Å². The Hall–Kier alpha value is -2.85. The average Bonchev–Trinajstić information content (AvgIpc) is 3.19. The Balaban J connectivity index is 1.48. The van der Waals surface area contributed by atoms with Crippen molar-refractivity contribution in [3.63, 3.8) is 0 Å². The standard InChI is InChI=1S/C23H22Cl2FN5O2S/c1-2-17(30-34(32,33)23-20(25)10-15(24)11-21(23)27)13-28-18-5-8-22-14(9-18)12-29-31(22)19-6-3-16(26)4-7-19/h3-12,17,28,30H,2,13,27H2,1H3. The number of nitrogens with two attached hydrogens (primary N) is 1. The van der Waals surface area contributed by atoms with E-state index in [9.17, 15) is 12.8 Å². The topological polar surface area (TPSA) is 102 Å². The van der Waals surface area contributed by atoms with Gasteiger partial charge >= 0.3 is 0 Å². The largest absolute Gasteiger partial charge is 0.398 e. The van der Waals surface area contributed by atoms with Crippen LogP contribution in [0.15, 0.2) is 65.7 Å². The summed E-state index contributed by atoms with van der Waals surface area (Å²) >= 11 is 12.0. The van der Waals surface area contributed by atoms with E-state index in [0.29, 0.717) is 13.0 Å². The molecule has 1 unspecified atom stereocenters. The summed E-state index contributed by atoms with van der Waals surface area (Å²) < 4.78 is 43.4. The van der Waals surface area contributed by atoms with Crippen molar-refractivity contribution in [2.45, 2.75) is 24.3 Å². The van der Waals surface area contributed by atoms with Gasteiger partial charge in [0.25, 0.3) is 0 Å². The van der Waals surface area contributed by atoms with Gasteiger partial charge in [0.15, 0.2) is 0 Å². The van der Waals surface area contributed by atoms with Crippen LogP contribution in [0.3, 0.4) is 0 Å². The van der Waals surface area contributed by atoms with Gasteiger partial charge in [-0.05, 0) is 61.0 Å². The van der Waals surface area contributed by atoms with Crippen molar-refractivity contribution >= 4 is 55.5 Å². The molecule has 178 valence electrons. The fourth-order valence-corrected chi connectivity index (χ4v) is 5.89. The highest BCUT2D eigenvalue weighted by molar-refractivity contribution is 7.89. The van der Waals surface area contributed by atoms with Gasteiger partial charge in [-0.2, -0.15) is 5.10 Å². The van der Waals surface area contributed by atoms with Gasteiger partial charge in [0, 0.05) is 28.7 Å². The lowest BCUT2D eigenvalue weighted by Crippen LogP contribution is -2.39. The van der Waals surface area contributed by atoms with Gasteiger partial charge in [-0.1, -0.05) is 30.1 Å². The number of aromatic nitrogens is 2. The summed E-state index contributed by atoms with van der Waals surface area (Å²) in [5.74, 6) is -0.311. The van der Waals surface area contributed by atoms with Gasteiger partial charge in [0.2, 0.25) is 10.0 Å². The Labute approximate surface area is 206 Å². The van der Waals surface area contributed by atoms with Crippen molar-refractivity contribution in [3.05, 3.63) is 76.7 Å². The SMILES string of the molecule is CCC(CNc1ccc2c(cnn2-c2ccc(F)cc2)c1)NS(=O)(=O)c1c(N)cc(Cl)cc1Cl. The van der Waals surface area contributed by atoms with Crippen molar-refractivity contribution in [2.75, 3.05) is 17.6 Å². The van der Waals surface area contributed by atoms with Gasteiger partial charge in [0.1, 0.15) is 10.7 Å². The minimum Gasteiger partial charge on any atom is -0.398 e. The predicted octanol–water partition coefficient (Wildman–Crippen LogP) is 5.22. The molecule has 1 heterocycles. The average molecular weight is 522 g/mol. The number of sulfonamides is 1. The summed E-state index contributed by atoms with van der Waals surface area (Å²) in [5, 5.41) is 8.75. The smallest absolute Gasteiger partial charge is 0.244 e. The second-order valence-corrected chi connectivity index (χ2v) is 10.2. The maximum absolute atomic E-state index is 13.2. The van der Waals surface area contributed by atoms with Crippen LogP contribution in [0.4, 0.5) is 15.8 Å². The minimum absolute atomic E-state index is 0.0172. The fraction of sp³-hybridized carbons (Fsp3) is 0.174. The minimum atomic E-state index is -3.96. The van der Waals surface area contributed by atoms with E-state index in [0.717, 1.165) is 22.3 Å². The highest BCUT2D eigenvalue weighted by Crippen LogP contribution is 2.31. The number of hydrogen-bond donors (Lipinski definition) is 3. The molecule has 4 rings (SSSR count). The number of benzene rings is 3. The molecule has 0 spiro atoms. The van der Waals surface area contributed by atoms with Crippen LogP contribution < -0.4 is 15.8 Å². The number of halogens is 3. The lowest BCUT2D eigenvalue weighted by Gasteiger charge is -2.20. The van der Waals surface area contributed by atoms with E-state index in [4.69, 9.17) is 28.9 Å². The lowest BCUT2D eigenvalue weighted by molar-refractivity contribution is 0.548. The number of hydrogen-bond acceptors (Lipinski definition) is 5. The summed E-state index contributed by atoms with van der Waals surface area (Å²) in [6, 6.07) is 14.0. The molecular formula is C23H22Cl2FN5O2S. The van der Waals surface area contributed by atoms with Crippen LogP contribution in [0.5, 0.6) is 0 Å². The molecule has 0 aliphatic carbocycles. The van der Waals surface area contributed by atoms with Crippen molar-refractivity contribution in [3.8, 4) is 5.69 Å². The lowest BCUT2D eigenvalue weighted by atomic mass is 10.2. The third kappa shape index (κ3) is 5.12. The molecule has 0 aliphatic heterocycles. The maximum Gasteiger partial charge on any atom is 0.244 e. The normalized spacial score (nSPS) is 12.7. The molecule has 7 nitrogen and oxygen atoms in total. The Kier molecular flexibility index (Phi) is 6.99. The first-order chi connectivity index (χ1) is 16.2. The highest BCUT2D eigenvalue weighted by atomic mass is 35.5. The van der Waals surface area contributed by atoms with Gasteiger partial charge in [0.05, 0.1) is 28.1 Å². The highest BCUT2D eigenvalue weighted by Gasteiger charge is 2.25. The van der Waals surface area contributed by atoms with Crippen molar-refractivity contribution in [1.29, 1.82) is 0 Å². The zero-order chi connectivity index (χ0) is 24.5. The molecule has 4 aromatic rings. The summed E-state index contributed by atoms with van der Waals surface area (Å²) in [6.07, 6.45) is 2.25. The van der Waals surface area contributed by atoms with E-state index in [1.807, 2.05) is 25.1 Å². The molecule has 4 N–H and O–H groups in total.